The molecule has 0 unspecified atom stereocenters. The van der Waals surface area contributed by atoms with Crippen LogP contribution >= 0.6 is 0 Å². The summed E-state index contributed by atoms with van der Waals surface area (Å²) in [5.41, 5.74) is 14.9. The predicted molar refractivity (Wildman–Crippen MR) is 193 cm³/mol. The van der Waals surface area contributed by atoms with Gasteiger partial charge in [-0.15, -0.1) is 0 Å². The van der Waals surface area contributed by atoms with Crippen molar-refractivity contribution in [1.29, 1.82) is 0 Å². The molecule has 0 bridgehead atoms. The van der Waals surface area contributed by atoms with Crippen LogP contribution in [0.5, 0.6) is 0 Å². The molecule has 2 aliphatic heterocycles. The van der Waals surface area contributed by atoms with Gasteiger partial charge in [0.25, 0.3) is 17.7 Å². The van der Waals surface area contributed by atoms with Gasteiger partial charge in [-0.25, -0.2) is 0 Å². The maximum Gasteiger partial charge on any atom is 0.264 e. The number of aliphatic hydroxyl groups excluding tert-OH is 1. The van der Waals surface area contributed by atoms with E-state index in [1.807, 2.05) is 32.2 Å². The number of anilines is 5. The highest BCUT2D eigenvalue weighted by molar-refractivity contribution is 6.71. The molecular weight excluding hydrogens is 639 g/mol. The van der Waals surface area contributed by atoms with Crippen LogP contribution in [0.1, 0.15) is 45.2 Å². The maximum absolute atomic E-state index is 14.7. The molecule has 2 aliphatic rings. The lowest BCUT2D eigenvalue weighted by atomic mass is 9.82. The summed E-state index contributed by atoms with van der Waals surface area (Å²) in [6.07, 6.45) is -0.270. The van der Waals surface area contributed by atoms with Crippen LogP contribution in [0.3, 0.4) is 0 Å². The normalized spacial score (nSPS) is 21.5. The number of hydrogen-bond acceptors (Lipinski definition) is 8. The Morgan fingerprint density at radius 1 is 0.857 bits per heavy atom. The van der Waals surface area contributed by atoms with Gasteiger partial charge in [0.15, 0.2) is 13.9 Å². The van der Waals surface area contributed by atoms with E-state index in [4.69, 9.17) is 16.2 Å². The number of nitrogens with zero attached hydrogens (tertiary/aromatic N) is 1. The van der Waals surface area contributed by atoms with Gasteiger partial charge in [-0.1, -0.05) is 19.1 Å². The van der Waals surface area contributed by atoms with Gasteiger partial charge in [-0.3, -0.25) is 14.4 Å². The minimum Gasteiger partial charge on any atom is -0.432 e. The van der Waals surface area contributed by atoms with E-state index in [1.165, 1.54) is 0 Å². The quantitative estimate of drug-likeness (QED) is 0.105. The largest absolute Gasteiger partial charge is 0.432 e. The zero-order valence-corrected chi connectivity index (χ0v) is 28.6. The number of carbonyl (C=O) groups is 3. The molecule has 0 saturated carbocycles. The van der Waals surface area contributed by atoms with Gasteiger partial charge < -0.3 is 41.6 Å². The number of carbonyl (C=O) groups excluding carboxylic acids is 3. The number of aliphatic hydroxyl groups is 1. The number of nitrogens with one attached hydrogen (secondary N) is 2. The topological polar surface area (TPSA) is 180 Å². The van der Waals surface area contributed by atoms with Crippen LogP contribution in [0.4, 0.5) is 28.4 Å². The molecular formula is C37H41N5O6Si. The summed E-state index contributed by atoms with van der Waals surface area (Å²) in [5, 5.41) is 15.7. The number of fused-ring (bicyclic) bond motifs is 2. The molecule has 49 heavy (non-hydrogen) atoms. The Bertz CT molecular complexity index is 1880. The van der Waals surface area contributed by atoms with Crippen LogP contribution < -0.4 is 27.0 Å². The standard InChI is InChI=1S/C37H41N5O6Si/c1-22-33(49(2,3)47)32(18-19-43)48-37(22)30-20-29(41-35(45)25-8-12-27(39)13-9-25)16-17-31(30)42(36(37)46)21-23-4-14-28(15-5-23)40-34(44)24-6-10-26(38)11-7-24/h4-17,20,22,32-33,43,47H,18-19,21,38-39H2,1-3H3,(H,40,44)(H,41,45)/t22-,32+,33-,37+/m0/s1. The van der Waals surface area contributed by atoms with Gasteiger partial charge in [-0.2, -0.15) is 0 Å². The SMILES string of the molecule is C[C@H]1[C@H]([Si](C)(C)O)[C@@H](CCO)O[C@]12C(=O)N(Cc1ccc(NC(=O)c3ccc(N)cc3)cc1)c1ccc(NC(=O)c3ccc(N)cc3)cc12. The van der Waals surface area contributed by atoms with Gasteiger partial charge in [0, 0.05) is 57.5 Å². The highest BCUT2D eigenvalue weighted by Crippen LogP contribution is 2.60. The lowest BCUT2D eigenvalue weighted by molar-refractivity contribution is -0.146. The number of amides is 3. The number of ether oxygens (including phenoxy) is 1. The van der Waals surface area contributed by atoms with E-state index < -0.39 is 25.9 Å². The van der Waals surface area contributed by atoms with E-state index in [1.54, 1.807) is 83.8 Å². The van der Waals surface area contributed by atoms with Crippen LogP contribution in [0.2, 0.25) is 18.6 Å². The minimum absolute atomic E-state index is 0.155. The predicted octanol–water partition coefficient (Wildman–Crippen LogP) is 5.08. The molecule has 3 amide bonds. The number of hydrogen-bond donors (Lipinski definition) is 6. The monoisotopic (exact) mass is 679 g/mol. The Labute approximate surface area is 286 Å². The first kappa shape index (κ1) is 33.9. The lowest BCUT2D eigenvalue weighted by Gasteiger charge is -2.32. The fourth-order valence-corrected chi connectivity index (χ4v) is 9.86. The molecule has 254 valence electrons. The number of nitrogen functional groups attached to an aromatic ring is 2. The number of nitrogens with two attached hydrogens (primary N) is 2. The molecule has 1 spiro atoms. The van der Waals surface area contributed by atoms with E-state index in [0.717, 1.165) is 5.56 Å². The molecule has 4 aromatic carbocycles. The first-order valence-electron chi connectivity index (χ1n) is 16.2. The van der Waals surface area contributed by atoms with Crippen LogP contribution in [-0.4, -0.2) is 48.7 Å². The van der Waals surface area contributed by atoms with Gasteiger partial charge in [-0.05, 0) is 104 Å². The summed E-state index contributed by atoms with van der Waals surface area (Å²) in [6, 6.07) is 25.8. The molecule has 0 aliphatic carbocycles. The Balaban J connectivity index is 1.32. The summed E-state index contributed by atoms with van der Waals surface area (Å²) < 4.78 is 6.72. The molecule has 2 heterocycles. The third-order valence-corrected chi connectivity index (χ3v) is 12.1. The van der Waals surface area contributed by atoms with Crippen molar-refractivity contribution >= 4 is 54.5 Å². The highest BCUT2D eigenvalue weighted by Gasteiger charge is 2.66. The van der Waals surface area contributed by atoms with Gasteiger partial charge >= 0.3 is 0 Å². The molecule has 0 radical (unpaired) electrons. The van der Waals surface area contributed by atoms with Crippen molar-refractivity contribution in [3.63, 3.8) is 0 Å². The van der Waals surface area contributed by atoms with Crippen molar-refractivity contribution in [2.45, 2.75) is 50.2 Å². The van der Waals surface area contributed by atoms with Crippen molar-refractivity contribution in [3.05, 3.63) is 113 Å². The fourth-order valence-electron chi connectivity index (χ4n) is 7.26. The van der Waals surface area contributed by atoms with E-state index >= 15 is 0 Å². The van der Waals surface area contributed by atoms with Crippen molar-refractivity contribution < 1.29 is 29.0 Å². The molecule has 11 nitrogen and oxygen atoms in total. The second-order valence-electron chi connectivity index (χ2n) is 13.3. The van der Waals surface area contributed by atoms with E-state index in [-0.39, 0.29) is 42.8 Å². The molecule has 1 fully saturated rings. The Kier molecular flexibility index (Phi) is 9.07. The van der Waals surface area contributed by atoms with Crippen LogP contribution in [0.15, 0.2) is 91.0 Å². The van der Waals surface area contributed by atoms with E-state index in [0.29, 0.717) is 45.1 Å². The Morgan fingerprint density at radius 3 is 1.92 bits per heavy atom. The smallest absolute Gasteiger partial charge is 0.264 e. The second-order valence-corrected chi connectivity index (χ2v) is 17.3. The molecule has 0 aromatic heterocycles. The van der Waals surface area contributed by atoms with Crippen molar-refractivity contribution in [2.24, 2.45) is 5.92 Å². The molecule has 8 N–H and O–H groups in total. The number of rotatable bonds is 9. The van der Waals surface area contributed by atoms with Gasteiger partial charge in [0.1, 0.15) is 0 Å². The first-order chi connectivity index (χ1) is 23.3. The average Bonchev–Trinajstić information content (AvgIpc) is 3.48. The zero-order chi connectivity index (χ0) is 35.1. The minimum atomic E-state index is -2.89. The summed E-state index contributed by atoms with van der Waals surface area (Å²) in [6.45, 7) is 5.64. The Morgan fingerprint density at radius 2 is 1.39 bits per heavy atom. The van der Waals surface area contributed by atoms with E-state index in [2.05, 4.69) is 10.6 Å². The highest BCUT2D eigenvalue weighted by atomic mass is 28.4. The summed E-state index contributed by atoms with van der Waals surface area (Å²) in [4.78, 5) is 53.6. The van der Waals surface area contributed by atoms with Crippen molar-refractivity contribution in [2.75, 3.05) is 33.6 Å². The maximum atomic E-state index is 14.7. The van der Waals surface area contributed by atoms with Crippen LogP contribution in [0, 0.1) is 5.92 Å². The molecule has 4 aromatic rings. The Hall–Kier alpha value is -5.01. The molecule has 4 atom stereocenters. The third kappa shape index (κ3) is 6.43. The first-order valence-corrected chi connectivity index (χ1v) is 19.2. The number of benzene rings is 4. The van der Waals surface area contributed by atoms with Gasteiger partial charge in [0.05, 0.1) is 18.3 Å². The van der Waals surface area contributed by atoms with E-state index in [9.17, 15) is 24.3 Å². The van der Waals surface area contributed by atoms with Crippen LogP contribution in [-0.2, 0) is 21.7 Å². The zero-order valence-electron chi connectivity index (χ0n) is 27.6. The molecule has 6 rings (SSSR count). The van der Waals surface area contributed by atoms with Crippen molar-refractivity contribution in [3.8, 4) is 0 Å². The van der Waals surface area contributed by atoms with Crippen LogP contribution in [0.25, 0.3) is 0 Å². The third-order valence-electron chi connectivity index (χ3n) is 9.55. The fraction of sp³-hybridized carbons (Fsp3) is 0.270. The lowest BCUT2D eigenvalue weighted by Crippen LogP contribution is -2.46. The van der Waals surface area contributed by atoms with Crippen molar-refractivity contribution in [1.82, 2.24) is 0 Å². The summed E-state index contributed by atoms with van der Waals surface area (Å²) >= 11 is 0. The van der Waals surface area contributed by atoms with Gasteiger partial charge in [0.2, 0.25) is 0 Å². The molecule has 12 heteroatoms. The second kappa shape index (κ2) is 13.1. The average molecular weight is 680 g/mol. The summed E-state index contributed by atoms with van der Waals surface area (Å²) in [5.74, 6) is -1.31. The summed E-state index contributed by atoms with van der Waals surface area (Å²) in [7, 11) is -2.89. The molecule has 1 saturated heterocycles.